The average Bonchev–Trinajstić information content (AvgIpc) is 2.60. The van der Waals surface area contributed by atoms with Crippen molar-refractivity contribution in [2.75, 3.05) is 12.8 Å². The Morgan fingerprint density at radius 2 is 2.00 bits per heavy atom. The molecule has 1 amide bonds. The standard InChI is InChI=1S/C20H26N2OS/c1-3-24-19-21-17-15-10-6-5-9-14(15)13-20(11-7-4-8-12-20)16(17)18(23)22(19)2/h5-6,9-10,16,19H,3-4,7-8,11-13H2,1-2H3. The molecule has 0 N–H and O–H groups in total. The van der Waals surface area contributed by atoms with Crippen LogP contribution < -0.4 is 0 Å². The maximum atomic E-state index is 13.4. The number of carbonyl (C=O) groups is 1. The van der Waals surface area contributed by atoms with Crippen molar-refractivity contribution in [1.29, 1.82) is 0 Å². The van der Waals surface area contributed by atoms with E-state index in [1.54, 1.807) is 11.8 Å². The van der Waals surface area contributed by atoms with Gasteiger partial charge in [-0.25, -0.2) is 0 Å². The third-order valence-corrected chi connectivity index (χ3v) is 7.12. The van der Waals surface area contributed by atoms with Gasteiger partial charge in [-0.1, -0.05) is 50.5 Å². The molecule has 0 aromatic heterocycles. The third kappa shape index (κ3) is 2.42. The Kier molecular flexibility index (Phi) is 4.19. The zero-order chi connectivity index (χ0) is 16.7. The van der Waals surface area contributed by atoms with Crippen LogP contribution >= 0.6 is 11.8 Å². The van der Waals surface area contributed by atoms with E-state index in [0.29, 0.717) is 5.91 Å². The van der Waals surface area contributed by atoms with Gasteiger partial charge in [0.1, 0.15) is 0 Å². The van der Waals surface area contributed by atoms with Crippen LogP contribution in [-0.2, 0) is 11.2 Å². The maximum Gasteiger partial charge on any atom is 0.234 e. The van der Waals surface area contributed by atoms with Gasteiger partial charge in [0.15, 0.2) is 5.50 Å². The summed E-state index contributed by atoms with van der Waals surface area (Å²) in [5, 5.41) is 0. The van der Waals surface area contributed by atoms with E-state index in [1.165, 1.54) is 30.4 Å². The molecule has 3 aliphatic rings. The Bertz CT molecular complexity index is 678. The number of carbonyl (C=O) groups excluding carboxylic acids is 1. The molecule has 2 aliphatic carbocycles. The highest BCUT2D eigenvalue weighted by Crippen LogP contribution is 2.52. The largest absolute Gasteiger partial charge is 0.314 e. The van der Waals surface area contributed by atoms with Gasteiger partial charge >= 0.3 is 0 Å². The van der Waals surface area contributed by atoms with Gasteiger partial charge in [0.25, 0.3) is 0 Å². The fourth-order valence-corrected chi connectivity index (χ4v) is 5.73. The monoisotopic (exact) mass is 342 g/mol. The average molecular weight is 343 g/mol. The number of benzene rings is 1. The van der Waals surface area contributed by atoms with Crippen molar-refractivity contribution in [2.45, 2.75) is 50.9 Å². The van der Waals surface area contributed by atoms with Crippen LogP contribution in [0.3, 0.4) is 0 Å². The van der Waals surface area contributed by atoms with Crippen molar-refractivity contribution in [3.8, 4) is 0 Å². The molecule has 1 aromatic carbocycles. The van der Waals surface area contributed by atoms with Gasteiger partial charge in [0.05, 0.1) is 11.6 Å². The van der Waals surface area contributed by atoms with Gasteiger partial charge in [0.2, 0.25) is 5.91 Å². The summed E-state index contributed by atoms with van der Waals surface area (Å²) in [6.07, 6.45) is 7.16. The number of thioether (sulfide) groups is 1. The van der Waals surface area contributed by atoms with Crippen molar-refractivity contribution in [3.63, 3.8) is 0 Å². The summed E-state index contributed by atoms with van der Waals surface area (Å²) < 4.78 is 0. The lowest BCUT2D eigenvalue weighted by Crippen LogP contribution is -2.56. The fourth-order valence-electron chi connectivity index (χ4n) is 4.91. The molecule has 4 heteroatoms. The van der Waals surface area contributed by atoms with E-state index in [-0.39, 0.29) is 16.8 Å². The predicted molar refractivity (Wildman–Crippen MR) is 100 cm³/mol. The maximum absolute atomic E-state index is 13.4. The predicted octanol–water partition coefficient (Wildman–Crippen LogP) is 4.11. The number of hydrogen-bond donors (Lipinski definition) is 0. The first-order valence-corrected chi connectivity index (χ1v) is 10.3. The van der Waals surface area contributed by atoms with E-state index in [1.807, 2.05) is 11.9 Å². The van der Waals surface area contributed by atoms with Crippen LogP contribution in [0.1, 0.15) is 50.2 Å². The van der Waals surface area contributed by atoms with Crippen LogP contribution in [-0.4, -0.2) is 34.8 Å². The number of hydrogen-bond acceptors (Lipinski definition) is 3. The smallest absolute Gasteiger partial charge is 0.234 e. The second kappa shape index (κ2) is 6.21. The fraction of sp³-hybridized carbons (Fsp3) is 0.600. The van der Waals surface area contributed by atoms with Crippen LogP contribution in [0.25, 0.3) is 0 Å². The molecule has 2 atom stereocenters. The van der Waals surface area contributed by atoms with E-state index < -0.39 is 0 Å². The SMILES string of the molecule is CCSC1N=C2c3ccccc3CC3(CCCCC3)C2C(=O)N1C. The molecule has 128 valence electrons. The molecule has 0 bridgehead atoms. The van der Waals surface area contributed by atoms with Crippen molar-refractivity contribution in [1.82, 2.24) is 4.90 Å². The third-order valence-electron chi connectivity index (χ3n) is 6.06. The Balaban J connectivity index is 1.87. The topological polar surface area (TPSA) is 32.7 Å². The molecule has 3 nitrogen and oxygen atoms in total. The Hall–Kier alpha value is -1.29. The molecule has 1 spiro atoms. The van der Waals surface area contributed by atoms with Crippen molar-refractivity contribution >= 4 is 23.4 Å². The van der Waals surface area contributed by atoms with E-state index in [4.69, 9.17) is 4.99 Å². The molecule has 0 saturated heterocycles. The summed E-state index contributed by atoms with van der Waals surface area (Å²) in [6.45, 7) is 2.13. The molecular formula is C20H26N2OS. The molecule has 2 unspecified atom stereocenters. The lowest BCUT2D eigenvalue weighted by molar-refractivity contribution is -0.138. The van der Waals surface area contributed by atoms with Crippen LogP contribution in [0.15, 0.2) is 29.3 Å². The minimum absolute atomic E-state index is 0.0357. The van der Waals surface area contributed by atoms with E-state index >= 15 is 0 Å². The molecule has 1 aliphatic heterocycles. The first-order valence-electron chi connectivity index (χ1n) is 9.20. The normalized spacial score (nSPS) is 28.3. The van der Waals surface area contributed by atoms with Gasteiger partial charge in [-0.3, -0.25) is 9.79 Å². The highest BCUT2D eigenvalue weighted by Gasteiger charge is 2.53. The summed E-state index contributed by atoms with van der Waals surface area (Å²) >= 11 is 1.75. The number of rotatable bonds is 2. The first-order chi connectivity index (χ1) is 11.7. The van der Waals surface area contributed by atoms with Crippen LogP contribution in [0.2, 0.25) is 0 Å². The summed E-state index contributed by atoms with van der Waals surface area (Å²) in [4.78, 5) is 20.4. The van der Waals surface area contributed by atoms with E-state index in [2.05, 4.69) is 31.2 Å². The second-order valence-corrected chi connectivity index (χ2v) is 8.77. The number of fused-ring (bicyclic) bond motifs is 4. The second-order valence-electron chi connectivity index (χ2n) is 7.44. The van der Waals surface area contributed by atoms with Gasteiger partial charge in [0, 0.05) is 7.05 Å². The van der Waals surface area contributed by atoms with Crippen molar-refractivity contribution in [3.05, 3.63) is 35.4 Å². The zero-order valence-electron chi connectivity index (χ0n) is 14.6. The minimum Gasteiger partial charge on any atom is -0.314 e. The Labute approximate surface area is 148 Å². The molecular weight excluding hydrogens is 316 g/mol. The Morgan fingerprint density at radius 1 is 1.25 bits per heavy atom. The molecule has 4 rings (SSSR count). The van der Waals surface area contributed by atoms with Crippen LogP contribution in [0.5, 0.6) is 0 Å². The lowest BCUT2D eigenvalue weighted by Gasteiger charge is -2.50. The lowest BCUT2D eigenvalue weighted by atomic mass is 9.57. The molecule has 0 radical (unpaired) electrons. The van der Waals surface area contributed by atoms with Crippen molar-refractivity contribution < 1.29 is 4.79 Å². The summed E-state index contributed by atoms with van der Waals surface area (Å²) in [5.74, 6) is 1.23. The first kappa shape index (κ1) is 16.2. The number of aliphatic imine (C=N–C) groups is 1. The summed E-state index contributed by atoms with van der Waals surface area (Å²) in [6, 6.07) is 8.63. The summed E-state index contributed by atoms with van der Waals surface area (Å²) in [5.41, 5.74) is 3.72. The van der Waals surface area contributed by atoms with Gasteiger partial charge in [-0.2, -0.15) is 0 Å². The van der Waals surface area contributed by atoms with Gasteiger partial charge in [-0.05, 0) is 41.6 Å². The highest BCUT2D eigenvalue weighted by atomic mass is 32.2. The highest BCUT2D eigenvalue weighted by molar-refractivity contribution is 7.99. The van der Waals surface area contributed by atoms with Crippen molar-refractivity contribution in [2.24, 2.45) is 16.3 Å². The van der Waals surface area contributed by atoms with Gasteiger partial charge < -0.3 is 4.90 Å². The molecule has 1 heterocycles. The number of amides is 1. The summed E-state index contributed by atoms with van der Waals surface area (Å²) in [7, 11) is 1.94. The van der Waals surface area contributed by atoms with E-state index in [0.717, 1.165) is 30.7 Å². The van der Waals surface area contributed by atoms with Crippen LogP contribution in [0, 0.1) is 11.3 Å². The molecule has 1 fully saturated rings. The van der Waals surface area contributed by atoms with Gasteiger partial charge in [-0.15, -0.1) is 11.8 Å². The minimum atomic E-state index is -0.0689. The number of nitrogens with zero attached hydrogens (tertiary/aromatic N) is 2. The van der Waals surface area contributed by atoms with Crippen LogP contribution in [0.4, 0.5) is 0 Å². The molecule has 1 aromatic rings. The quantitative estimate of drug-likeness (QED) is 0.810. The Morgan fingerprint density at radius 3 is 2.75 bits per heavy atom. The molecule has 1 saturated carbocycles. The zero-order valence-corrected chi connectivity index (χ0v) is 15.4. The van der Waals surface area contributed by atoms with E-state index in [9.17, 15) is 4.79 Å². The molecule has 24 heavy (non-hydrogen) atoms.